The van der Waals surface area contributed by atoms with Crippen LogP contribution in [0.25, 0.3) is 0 Å². The Morgan fingerprint density at radius 3 is 2.55 bits per heavy atom. The van der Waals surface area contributed by atoms with Crippen molar-refractivity contribution in [2.75, 3.05) is 11.9 Å². The number of carbonyl (C=O) groups is 2. The molecule has 5 heteroatoms. The molecule has 1 N–H and O–H groups in total. The quantitative estimate of drug-likeness (QED) is 0.923. The highest BCUT2D eigenvalue weighted by Gasteiger charge is 2.34. The van der Waals surface area contributed by atoms with Crippen molar-refractivity contribution in [3.05, 3.63) is 30.1 Å². The van der Waals surface area contributed by atoms with Crippen LogP contribution in [-0.4, -0.2) is 29.3 Å². The zero-order valence-electron chi connectivity index (χ0n) is 11.7. The number of benzene rings is 1. The third-order valence-electron chi connectivity index (χ3n) is 3.44. The van der Waals surface area contributed by atoms with Crippen LogP contribution in [0.1, 0.15) is 26.7 Å². The minimum atomic E-state index is -0.421. The lowest BCUT2D eigenvalue weighted by atomic mass is 10.1. The fraction of sp³-hybridized carbons (Fsp3) is 0.467. The summed E-state index contributed by atoms with van der Waals surface area (Å²) in [6.45, 7) is 4.28. The number of hydrogen-bond donors (Lipinski definition) is 1. The molecule has 1 atom stereocenters. The van der Waals surface area contributed by atoms with Crippen molar-refractivity contribution in [1.29, 1.82) is 0 Å². The molecule has 0 saturated carbocycles. The van der Waals surface area contributed by atoms with Gasteiger partial charge in [-0.3, -0.25) is 9.59 Å². The molecule has 4 nitrogen and oxygen atoms in total. The predicted octanol–water partition coefficient (Wildman–Crippen LogP) is 2.41. The van der Waals surface area contributed by atoms with Crippen molar-refractivity contribution >= 4 is 17.5 Å². The van der Waals surface area contributed by atoms with Crippen molar-refractivity contribution in [3.8, 4) is 0 Å². The number of nitrogens with zero attached hydrogens (tertiary/aromatic N) is 1. The van der Waals surface area contributed by atoms with Crippen LogP contribution in [0.15, 0.2) is 24.3 Å². The first-order valence-corrected chi connectivity index (χ1v) is 6.86. The zero-order chi connectivity index (χ0) is 14.7. The Balaban J connectivity index is 2.04. The molecule has 0 aliphatic carbocycles. The average Bonchev–Trinajstić information content (AvgIpc) is 2.89. The molecular weight excluding hydrogens is 259 g/mol. The van der Waals surface area contributed by atoms with E-state index in [-0.39, 0.29) is 23.5 Å². The monoisotopic (exact) mass is 278 g/mol. The molecule has 2 rings (SSSR count). The van der Waals surface area contributed by atoms with Crippen LogP contribution in [0, 0.1) is 11.7 Å². The number of anilines is 1. The van der Waals surface area contributed by atoms with Crippen molar-refractivity contribution < 1.29 is 14.0 Å². The molecule has 1 aromatic rings. The van der Waals surface area contributed by atoms with Crippen LogP contribution in [-0.2, 0) is 9.59 Å². The molecule has 0 bridgehead atoms. The largest absolute Gasteiger partial charge is 0.330 e. The normalized spacial score (nSPS) is 18.4. The van der Waals surface area contributed by atoms with E-state index < -0.39 is 6.04 Å². The van der Waals surface area contributed by atoms with Gasteiger partial charge < -0.3 is 10.2 Å². The van der Waals surface area contributed by atoms with E-state index >= 15 is 0 Å². The molecule has 1 heterocycles. The maximum atomic E-state index is 12.8. The molecule has 108 valence electrons. The van der Waals surface area contributed by atoms with Gasteiger partial charge in [0.2, 0.25) is 11.8 Å². The van der Waals surface area contributed by atoms with Gasteiger partial charge in [-0.05, 0) is 37.1 Å². The highest BCUT2D eigenvalue weighted by Crippen LogP contribution is 2.21. The lowest BCUT2D eigenvalue weighted by Crippen LogP contribution is -2.44. The maximum Gasteiger partial charge on any atom is 0.247 e. The van der Waals surface area contributed by atoms with Crippen molar-refractivity contribution in [2.45, 2.75) is 32.7 Å². The Kier molecular flexibility index (Phi) is 4.37. The third-order valence-corrected chi connectivity index (χ3v) is 3.44. The van der Waals surface area contributed by atoms with Crippen LogP contribution in [0.5, 0.6) is 0 Å². The number of nitrogens with one attached hydrogen (secondary N) is 1. The van der Waals surface area contributed by atoms with Crippen molar-refractivity contribution in [2.24, 2.45) is 5.92 Å². The van der Waals surface area contributed by atoms with Crippen LogP contribution >= 0.6 is 0 Å². The predicted molar refractivity (Wildman–Crippen MR) is 74.6 cm³/mol. The molecule has 1 fully saturated rings. The number of amides is 2. The summed E-state index contributed by atoms with van der Waals surface area (Å²) in [5.41, 5.74) is 0.542. The van der Waals surface area contributed by atoms with Gasteiger partial charge in [-0.1, -0.05) is 13.8 Å². The fourth-order valence-electron chi connectivity index (χ4n) is 2.39. The smallest absolute Gasteiger partial charge is 0.247 e. The van der Waals surface area contributed by atoms with Crippen LogP contribution in [0.4, 0.5) is 10.1 Å². The number of likely N-dealkylation sites (tertiary alicyclic amines) is 1. The maximum absolute atomic E-state index is 12.8. The van der Waals surface area contributed by atoms with Crippen LogP contribution in [0.3, 0.4) is 0 Å². The van der Waals surface area contributed by atoms with Gasteiger partial charge >= 0.3 is 0 Å². The Morgan fingerprint density at radius 2 is 1.95 bits per heavy atom. The summed E-state index contributed by atoms with van der Waals surface area (Å²) >= 11 is 0. The lowest BCUT2D eigenvalue weighted by molar-refractivity contribution is -0.139. The van der Waals surface area contributed by atoms with Gasteiger partial charge in [0.1, 0.15) is 11.9 Å². The highest BCUT2D eigenvalue weighted by molar-refractivity contribution is 5.97. The molecule has 0 unspecified atom stereocenters. The Labute approximate surface area is 118 Å². The second kappa shape index (κ2) is 6.03. The minimum absolute atomic E-state index is 0.00163. The molecule has 2 amide bonds. The van der Waals surface area contributed by atoms with Crippen LogP contribution < -0.4 is 5.32 Å². The van der Waals surface area contributed by atoms with Crippen molar-refractivity contribution in [1.82, 2.24) is 4.90 Å². The second-order valence-corrected chi connectivity index (χ2v) is 5.34. The SMILES string of the molecule is CC(C)C(=O)N1CCC[C@H]1C(=O)Nc1ccc(F)cc1. The molecule has 1 aromatic carbocycles. The van der Waals surface area contributed by atoms with Gasteiger partial charge in [0, 0.05) is 18.2 Å². The number of halogens is 1. The third kappa shape index (κ3) is 3.15. The molecule has 1 aliphatic heterocycles. The highest BCUT2D eigenvalue weighted by atomic mass is 19.1. The lowest BCUT2D eigenvalue weighted by Gasteiger charge is -2.25. The molecule has 0 aromatic heterocycles. The van der Waals surface area contributed by atoms with Crippen LogP contribution in [0.2, 0.25) is 0 Å². The summed E-state index contributed by atoms with van der Waals surface area (Å²) in [6, 6.07) is 5.19. The molecule has 0 radical (unpaired) electrons. The Bertz CT molecular complexity index is 499. The van der Waals surface area contributed by atoms with E-state index in [1.165, 1.54) is 24.3 Å². The fourth-order valence-corrected chi connectivity index (χ4v) is 2.39. The summed E-state index contributed by atoms with van der Waals surface area (Å²) in [5.74, 6) is -0.667. The van der Waals surface area contributed by atoms with E-state index in [2.05, 4.69) is 5.32 Å². The van der Waals surface area contributed by atoms with Gasteiger partial charge in [-0.25, -0.2) is 4.39 Å². The summed E-state index contributed by atoms with van der Waals surface area (Å²) in [6.07, 6.45) is 1.51. The van der Waals surface area contributed by atoms with E-state index in [0.29, 0.717) is 18.7 Å². The summed E-state index contributed by atoms with van der Waals surface area (Å²) < 4.78 is 12.8. The van der Waals surface area contributed by atoms with E-state index in [4.69, 9.17) is 0 Å². The first kappa shape index (κ1) is 14.5. The summed E-state index contributed by atoms with van der Waals surface area (Å²) in [7, 11) is 0. The Morgan fingerprint density at radius 1 is 1.30 bits per heavy atom. The molecule has 1 aliphatic rings. The molecule has 20 heavy (non-hydrogen) atoms. The van der Waals surface area contributed by atoms with Gasteiger partial charge in [0.25, 0.3) is 0 Å². The standard InChI is InChI=1S/C15H19FN2O2/c1-10(2)15(20)18-9-3-4-13(18)14(19)17-12-7-5-11(16)6-8-12/h5-8,10,13H,3-4,9H2,1-2H3,(H,17,19)/t13-/m0/s1. The van der Waals surface area contributed by atoms with E-state index in [1.807, 2.05) is 13.8 Å². The summed E-state index contributed by atoms with van der Waals surface area (Å²) in [4.78, 5) is 25.9. The Hall–Kier alpha value is -1.91. The average molecular weight is 278 g/mol. The first-order valence-electron chi connectivity index (χ1n) is 6.86. The van der Waals surface area contributed by atoms with E-state index in [1.54, 1.807) is 4.90 Å². The number of rotatable bonds is 3. The van der Waals surface area contributed by atoms with E-state index in [9.17, 15) is 14.0 Å². The van der Waals surface area contributed by atoms with Gasteiger partial charge in [0.05, 0.1) is 0 Å². The molecular formula is C15H19FN2O2. The van der Waals surface area contributed by atoms with E-state index in [0.717, 1.165) is 6.42 Å². The topological polar surface area (TPSA) is 49.4 Å². The molecule has 0 spiro atoms. The second-order valence-electron chi connectivity index (χ2n) is 5.34. The number of carbonyl (C=O) groups excluding carboxylic acids is 2. The molecule has 1 saturated heterocycles. The van der Waals surface area contributed by atoms with Gasteiger partial charge in [0.15, 0.2) is 0 Å². The zero-order valence-corrected chi connectivity index (χ0v) is 11.7. The number of hydrogen-bond acceptors (Lipinski definition) is 2. The minimum Gasteiger partial charge on any atom is -0.330 e. The van der Waals surface area contributed by atoms with Gasteiger partial charge in [-0.2, -0.15) is 0 Å². The van der Waals surface area contributed by atoms with Crippen molar-refractivity contribution in [3.63, 3.8) is 0 Å². The summed E-state index contributed by atoms with van der Waals surface area (Å²) in [5, 5.41) is 2.74. The first-order chi connectivity index (χ1) is 9.49. The van der Waals surface area contributed by atoms with Gasteiger partial charge in [-0.15, -0.1) is 0 Å².